The van der Waals surface area contributed by atoms with Gasteiger partial charge in [-0.3, -0.25) is 0 Å². The van der Waals surface area contributed by atoms with Gasteiger partial charge in [0, 0.05) is 20.1 Å². The Kier molecular flexibility index (Phi) is 5.20. The second-order valence-corrected chi connectivity index (χ2v) is 5.00. The minimum atomic E-state index is -0.441. The predicted octanol–water partition coefficient (Wildman–Crippen LogP) is 1.75. The minimum Gasteiger partial charge on any atom is -0.465 e. The maximum atomic E-state index is 11.8. The number of ether oxygens (including phenoxy) is 1. The number of methoxy groups -OCH3 is 1. The van der Waals surface area contributed by atoms with Gasteiger partial charge in [-0.15, -0.1) is 0 Å². The summed E-state index contributed by atoms with van der Waals surface area (Å²) >= 11 is 0. The summed E-state index contributed by atoms with van der Waals surface area (Å²) in [6.45, 7) is 7.71. The molecule has 0 radical (unpaired) electrons. The van der Waals surface area contributed by atoms with Crippen molar-refractivity contribution in [2.75, 3.05) is 31.3 Å². The Morgan fingerprint density at radius 3 is 2.63 bits per heavy atom. The summed E-state index contributed by atoms with van der Waals surface area (Å²) in [5.41, 5.74) is 6.39. The molecule has 0 saturated heterocycles. The fraction of sp³-hybridized carbons (Fsp3) is 0.692. The number of aromatic nitrogens is 2. The Morgan fingerprint density at radius 2 is 2.16 bits per heavy atom. The van der Waals surface area contributed by atoms with Crippen molar-refractivity contribution in [2.45, 2.75) is 33.7 Å². The van der Waals surface area contributed by atoms with Crippen LogP contribution in [0.15, 0.2) is 0 Å². The normalized spacial score (nSPS) is 10.8. The highest BCUT2D eigenvalue weighted by Gasteiger charge is 2.24. The molecular formula is C13H24N4O2. The number of anilines is 2. The van der Waals surface area contributed by atoms with Crippen molar-refractivity contribution in [1.82, 2.24) is 9.78 Å². The van der Waals surface area contributed by atoms with Gasteiger partial charge in [0.25, 0.3) is 0 Å². The largest absolute Gasteiger partial charge is 0.465 e. The van der Waals surface area contributed by atoms with E-state index >= 15 is 0 Å². The molecule has 1 aromatic heterocycles. The summed E-state index contributed by atoms with van der Waals surface area (Å²) in [5.74, 6) is 1.07. The van der Waals surface area contributed by atoms with Crippen LogP contribution in [0.1, 0.15) is 37.6 Å². The summed E-state index contributed by atoms with van der Waals surface area (Å²) in [6, 6.07) is 0. The van der Waals surface area contributed by atoms with Crippen molar-refractivity contribution in [3.8, 4) is 0 Å². The van der Waals surface area contributed by atoms with Gasteiger partial charge in [-0.05, 0) is 19.3 Å². The zero-order valence-corrected chi connectivity index (χ0v) is 12.4. The van der Waals surface area contributed by atoms with Crippen LogP contribution >= 0.6 is 0 Å². The van der Waals surface area contributed by atoms with E-state index in [1.807, 2.05) is 18.9 Å². The van der Waals surface area contributed by atoms with E-state index in [1.165, 1.54) is 7.11 Å². The lowest BCUT2D eigenvalue weighted by Crippen LogP contribution is -2.19. The highest BCUT2D eigenvalue weighted by Crippen LogP contribution is 2.25. The molecule has 0 amide bonds. The van der Waals surface area contributed by atoms with Crippen molar-refractivity contribution >= 4 is 17.6 Å². The van der Waals surface area contributed by atoms with Gasteiger partial charge in [0.1, 0.15) is 11.4 Å². The van der Waals surface area contributed by atoms with Crippen LogP contribution in [-0.2, 0) is 11.3 Å². The average Bonchev–Trinajstić information content (AvgIpc) is 2.71. The molecule has 0 unspecified atom stereocenters. The number of nitrogens with two attached hydrogens (primary N) is 1. The molecule has 0 aliphatic rings. The van der Waals surface area contributed by atoms with Gasteiger partial charge in [0.2, 0.25) is 0 Å². The molecule has 6 nitrogen and oxygen atoms in total. The topological polar surface area (TPSA) is 73.4 Å². The summed E-state index contributed by atoms with van der Waals surface area (Å²) < 4.78 is 6.48. The van der Waals surface area contributed by atoms with Crippen molar-refractivity contribution in [2.24, 2.45) is 5.92 Å². The molecule has 0 aliphatic heterocycles. The maximum absolute atomic E-state index is 11.8. The van der Waals surface area contributed by atoms with Crippen LogP contribution in [-0.4, -0.2) is 36.5 Å². The molecular weight excluding hydrogens is 244 g/mol. The van der Waals surface area contributed by atoms with Gasteiger partial charge < -0.3 is 15.4 Å². The molecule has 0 saturated carbocycles. The number of carbonyl (C=O) groups excluding carboxylic acids is 1. The van der Waals surface area contributed by atoms with E-state index in [2.05, 4.69) is 18.9 Å². The molecule has 108 valence electrons. The predicted molar refractivity (Wildman–Crippen MR) is 76.4 cm³/mol. The number of aryl methyl sites for hydroxylation is 1. The smallest absolute Gasteiger partial charge is 0.345 e. The van der Waals surface area contributed by atoms with Gasteiger partial charge in [0.15, 0.2) is 5.82 Å². The van der Waals surface area contributed by atoms with E-state index in [-0.39, 0.29) is 0 Å². The van der Waals surface area contributed by atoms with Crippen LogP contribution in [0.2, 0.25) is 0 Å². The van der Waals surface area contributed by atoms with Crippen molar-refractivity contribution in [3.05, 3.63) is 5.56 Å². The van der Waals surface area contributed by atoms with Crippen LogP contribution in [0.3, 0.4) is 0 Å². The molecule has 1 aromatic rings. The molecule has 19 heavy (non-hydrogen) atoms. The van der Waals surface area contributed by atoms with Crippen LogP contribution in [0.5, 0.6) is 0 Å². The van der Waals surface area contributed by atoms with E-state index < -0.39 is 5.97 Å². The molecule has 1 heterocycles. The SMILES string of the molecule is CCN(C)c1nn(CCC(C)C)c(N)c1C(=O)OC. The molecule has 0 aliphatic carbocycles. The summed E-state index contributed by atoms with van der Waals surface area (Å²) in [6.07, 6.45) is 0.960. The second kappa shape index (κ2) is 6.45. The standard InChI is InChI=1S/C13H24N4O2/c1-6-16(4)12-10(13(18)19-5)11(14)17(15-12)8-7-9(2)3/h9H,6-8,14H2,1-5H3. The van der Waals surface area contributed by atoms with Crippen LogP contribution in [0.4, 0.5) is 11.6 Å². The Morgan fingerprint density at radius 1 is 1.53 bits per heavy atom. The summed E-state index contributed by atoms with van der Waals surface area (Å²) in [7, 11) is 3.23. The number of hydrogen-bond donors (Lipinski definition) is 1. The van der Waals surface area contributed by atoms with Gasteiger partial charge in [0.05, 0.1) is 7.11 Å². The average molecular weight is 268 g/mol. The maximum Gasteiger partial charge on any atom is 0.345 e. The lowest BCUT2D eigenvalue weighted by Gasteiger charge is -2.14. The molecule has 1 rings (SSSR count). The van der Waals surface area contributed by atoms with Crippen molar-refractivity contribution in [3.63, 3.8) is 0 Å². The van der Waals surface area contributed by atoms with E-state index in [0.29, 0.717) is 29.7 Å². The Balaban J connectivity index is 3.15. The first-order chi connectivity index (χ1) is 8.92. The first kappa shape index (κ1) is 15.3. The highest BCUT2D eigenvalue weighted by molar-refractivity contribution is 5.99. The zero-order valence-electron chi connectivity index (χ0n) is 12.4. The van der Waals surface area contributed by atoms with Crippen LogP contribution in [0.25, 0.3) is 0 Å². The quantitative estimate of drug-likeness (QED) is 0.796. The van der Waals surface area contributed by atoms with E-state index in [0.717, 1.165) is 13.0 Å². The Bertz CT molecular complexity index is 440. The molecule has 0 aromatic carbocycles. The second-order valence-electron chi connectivity index (χ2n) is 5.00. The van der Waals surface area contributed by atoms with Gasteiger partial charge in [-0.1, -0.05) is 13.8 Å². The lowest BCUT2D eigenvalue weighted by atomic mass is 10.1. The Hall–Kier alpha value is -1.72. The first-order valence-corrected chi connectivity index (χ1v) is 6.58. The van der Waals surface area contributed by atoms with Gasteiger partial charge >= 0.3 is 5.97 Å². The minimum absolute atomic E-state index is 0.357. The molecule has 2 N–H and O–H groups in total. The first-order valence-electron chi connectivity index (χ1n) is 6.58. The number of nitrogens with zero attached hydrogens (tertiary/aromatic N) is 3. The van der Waals surface area contributed by atoms with Crippen molar-refractivity contribution in [1.29, 1.82) is 0 Å². The summed E-state index contributed by atoms with van der Waals surface area (Å²) in [5, 5.41) is 4.44. The van der Waals surface area contributed by atoms with Crippen LogP contribution < -0.4 is 10.6 Å². The molecule has 6 heteroatoms. The number of esters is 1. The third kappa shape index (κ3) is 3.39. The molecule has 0 bridgehead atoms. The lowest BCUT2D eigenvalue weighted by molar-refractivity contribution is 0.0602. The van der Waals surface area contributed by atoms with Crippen LogP contribution in [0, 0.1) is 5.92 Å². The van der Waals surface area contributed by atoms with E-state index in [1.54, 1.807) is 4.68 Å². The molecule has 0 fully saturated rings. The van der Waals surface area contributed by atoms with Gasteiger partial charge in [-0.25, -0.2) is 9.48 Å². The number of nitrogen functional groups attached to an aromatic ring is 1. The Labute approximate surface area is 114 Å². The molecule has 0 atom stereocenters. The third-order valence-corrected chi connectivity index (χ3v) is 3.12. The number of rotatable bonds is 6. The van der Waals surface area contributed by atoms with E-state index in [9.17, 15) is 4.79 Å². The number of hydrogen-bond acceptors (Lipinski definition) is 5. The molecule has 0 spiro atoms. The van der Waals surface area contributed by atoms with Gasteiger partial charge in [-0.2, -0.15) is 5.10 Å². The summed E-state index contributed by atoms with van der Waals surface area (Å²) in [4.78, 5) is 13.7. The zero-order chi connectivity index (χ0) is 14.6. The third-order valence-electron chi connectivity index (χ3n) is 3.12. The number of carbonyl (C=O) groups is 1. The highest BCUT2D eigenvalue weighted by atomic mass is 16.5. The fourth-order valence-electron chi connectivity index (χ4n) is 1.73. The van der Waals surface area contributed by atoms with Crippen molar-refractivity contribution < 1.29 is 9.53 Å². The monoisotopic (exact) mass is 268 g/mol. The fourth-order valence-corrected chi connectivity index (χ4v) is 1.73. The van der Waals surface area contributed by atoms with E-state index in [4.69, 9.17) is 10.5 Å².